The summed E-state index contributed by atoms with van der Waals surface area (Å²) in [6, 6.07) is 17.6. The SMILES string of the molecule is CC(C)(C)OC(=O)N[C@@H](Cc1ccccc1)[C@H](O)CNC[C@@H](O)[C@H](Cc1ccccc1)N(C(=O)[O-])C1(C)CCC1. The average Bonchev–Trinajstić information content (AvgIpc) is 2.86. The van der Waals surface area contributed by atoms with Crippen LogP contribution in [-0.4, -0.2) is 75.8 Å². The van der Waals surface area contributed by atoms with Crippen molar-refractivity contribution in [1.82, 2.24) is 15.5 Å². The van der Waals surface area contributed by atoms with E-state index in [9.17, 15) is 24.9 Å². The molecule has 1 aliphatic carbocycles. The molecule has 0 aliphatic heterocycles. The van der Waals surface area contributed by atoms with Crippen LogP contribution in [0, 0.1) is 0 Å². The lowest BCUT2D eigenvalue weighted by atomic mass is 9.75. The first-order valence-electron chi connectivity index (χ1n) is 14.0. The molecule has 0 radical (unpaired) electrons. The van der Waals surface area contributed by atoms with E-state index in [2.05, 4.69) is 10.6 Å². The summed E-state index contributed by atoms with van der Waals surface area (Å²) in [4.78, 5) is 26.1. The molecule has 0 spiro atoms. The van der Waals surface area contributed by atoms with Crippen LogP contribution in [0.1, 0.15) is 58.1 Å². The fourth-order valence-corrected chi connectivity index (χ4v) is 5.21. The van der Waals surface area contributed by atoms with Crippen molar-refractivity contribution in [3.05, 3.63) is 71.8 Å². The van der Waals surface area contributed by atoms with Crippen LogP contribution in [0.5, 0.6) is 0 Å². The highest BCUT2D eigenvalue weighted by molar-refractivity contribution is 5.68. The lowest BCUT2D eigenvalue weighted by molar-refractivity contribution is -0.279. The minimum absolute atomic E-state index is 0.0406. The van der Waals surface area contributed by atoms with Gasteiger partial charge in [-0.3, -0.25) is 0 Å². The molecule has 2 aromatic rings. The van der Waals surface area contributed by atoms with E-state index >= 15 is 0 Å². The molecule has 220 valence electrons. The summed E-state index contributed by atoms with van der Waals surface area (Å²) in [6.45, 7) is 7.30. The Labute approximate surface area is 237 Å². The zero-order valence-corrected chi connectivity index (χ0v) is 24.0. The number of benzene rings is 2. The third kappa shape index (κ3) is 9.21. The summed E-state index contributed by atoms with van der Waals surface area (Å²) in [5.74, 6) is 0. The molecule has 2 amide bonds. The summed E-state index contributed by atoms with van der Waals surface area (Å²) < 4.78 is 5.39. The highest BCUT2D eigenvalue weighted by Gasteiger charge is 2.43. The highest BCUT2D eigenvalue weighted by Crippen LogP contribution is 2.39. The standard InChI is InChI=1S/C31H45N3O6/c1-30(2,3)40-28(37)33-24(18-22-12-7-5-8-13-22)26(35)20-32-21-27(36)25(19-23-14-9-6-10-15-23)34(29(38)39)31(4)16-11-17-31/h5-10,12-15,24-27,32,35-36H,11,16-21H2,1-4H3,(H,33,37)(H,38,39)/p-1/t24-,25-,26+,27+/m0/s1. The van der Waals surface area contributed by atoms with Crippen LogP contribution in [0.2, 0.25) is 0 Å². The minimum atomic E-state index is -1.30. The molecule has 40 heavy (non-hydrogen) atoms. The first kappa shape index (κ1) is 31.4. The largest absolute Gasteiger partial charge is 0.530 e. The third-order valence-electron chi connectivity index (χ3n) is 7.44. The number of carboxylic acid groups (broad SMARTS) is 1. The molecular weight excluding hydrogens is 510 g/mol. The summed E-state index contributed by atoms with van der Waals surface area (Å²) in [7, 11) is 0. The van der Waals surface area contributed by atoms with Crippen LogP contribution in [0.4, 0.5) is 9.59 Å². The summed E-state index contributed by atoms with van der Waals surface area (Å²) >= 11 is 0. The van der Waals surface area contributed by atoms with E-state index in [0.29, 0.717) is 25.7 Å². The molecule has 4 atom stereocenters. The van der Waals surface area contributed by atoms with E-state index < -0.39 is 47.6 Å². The second kappa shape index (κ2) is 14.0. The monoisotopic (exact) mass is 554 g/mol. The van der Waals surface area contributed by atoms with Gasteiger partial charge >= 0.3 is 6.09 Å². The molecule has 2 aromatic carbocycles. The quantitative estimate of drug-likeness (QED) is 0.299. The van der Waals surface area contributed by atoms with Crippen LogP contribution in [0.3, 0.4) is 0 Å². The van der Waals surface area contributed by atoms with Crippen molar-refractivity contribution in [2.75, 3.05) is 13.1 Å². The van der Waals surface area contributed by atoms with E-state index in [1.165, 1.54) is 4.90 Å². The van der Waals surface area contributed by atoms with Gasteiger partial charge in [-0.05, 0) is 70.9 Å². The molecule has 1 saturated carbocycles. The Morgan fingerprint density at radius 1 is 0.950 bits per heavy atom. The number of nitrogens with one attached hydrogen (secondary N) is 2. The number of carbonyl (C=O) groups excluding carboxylic acids is 2. The van der Waals surface area contributed by atoms with Crippen molar-refractivity contribution >= 4 is 12.2 Å². The Morgan fingerprint density at radius 2 is 1.48 bits per heavy atom. The zero-order chi connectivity index (χ0) is 29.3. The van der Waals surface area contributed by atoms with Gasteiger partial charge < -0.3 is 40.4 Å². The van der Waals surface area contributed by atoms with Gasteiger partial charge in [-0.25, -0.2) is 4.79 Å². The Bertz CT molecular complexity index is 1070. The van der Waals surface area contributed by atoms with Crippen molar-refractivity contribution in [2.24, 2.45) is 0 Å². The van der Waals surface area contributed by atoms with Gasteiger partial charge in [-0.1, -0.05) is 60.7 Å². The fraction of sp³-hybridized carbons (Fsp3) is 0.548. The van der Waals surface area contributed by atoms with E-state index in [4.69, 9.17) is 4.74 Å². The smallest absolute Gasteiger partial charge is 0.407 e. The number of amides is 2. The van der Waals surface area contributed by atoms with Crippen LogP contribution >= 0.6 is 0 Å². The fourth-order valence-electron chi connectivity index (χ4n) is 5.21. The molecule has 9 nitrogen and oxygen atoms in total. The molecule has 0 aromatic heterocycles. The first-order chi connectivity index (χ1) is 18.9. The number of alkyl carbamates (subject to hydrolysis) is 1. The second-order valence-corrected chi connectivity index (χ2v) is 12.0. The highest BCUT2D eigenvalue weighted by atomic mass is 16.6. The maximum atomic E-state index is 12.5. The molecule has 3 rings (SSSR count). The van der Waals surface area contributed by atoms with E-state index in [0.717, 1.165) is 17.5 Å². The molecule has 4 N–H and O–H groups in total. The number of hydrogen-bond donors (Lipinski definition) is 4. The predicted molar refractivity (Wildman–Crippen MR) is 152 cm³/mol. The van der Waals surface area contributed by atoms with E-state index in [1.54, 1.807) is 20.8 Å². The van der Waals surface area contributed by atoms with Crippen molar-refractivity contribution in [3.8, 4) is 0 Å². The number of nitrogens with zero attached hydrogens (tertiary/aromatic N) is 1. The van der Waals surface area contributed by atoms with Crippen molar-refractivity contribution < 1.29 is 29.6 Å². The molecule has 0 saturated heterocycles. The Balaban J connectivity index is 1.68. The molecular formula is C31H44N3O6-. The zero-order valence-electron chi connectivity index (χ0n) is 24.0. The van der Waals surface area contributed by atoms with Crippen molar-refractivity contribution in [2.45, 2.75) is 95.2 Å². The van der Waals surface area contributed by atoms with Gasteiger partial charge in [-0.15, -0.1) is 0 Å². The van der Waals surface area contributed by atoms with Crippen molar-refractivity contribution in [3.63, 3.8) is 0 Å². The van der Waals surface area contributed by atoms with Crippen LogP contribution in [0.25, 0.3) is 0 Å². The molecule has 0 heterocycles. The molecule has 1 aliphatic rings. The molecule has 0 unspecified atom stereocenters. The minimum Gasteiger partial charge on any atom is -0.530 e. The van der Waals surface area contributed by atoms with E-state index in [1.807, 2.05) is 67.6 Å². The van der Waals surface area contributed by atoms with Gasteiger partial charge in [0.1, 0.15) is 11.7 Å². The molecule has 1 fully saturated rings. The van der Waals surface area contributed by atoms with Crippen LogP contribution in [-0.2, 0) is 17.6 Å². The summed E-state index contributed by atoms with van der Waals surface area (Å²) in [6.07, 6.45) is -0.952. The lowest BCUT2D eigenvalue weighted by Gasteiger charge is -2.53. The number of ether oxygens (including phenoxy) is 1. The van der Waals surface area contributed by atoms with Gasteiger partial charge in [0.15, 0.2) is 0 Å². The topological polar surface area (TPSA) is 134 Å². The maximum absolute atomic E-state index is 12.5. The number of carbonyl (C=O) groups is 2. The lowest BCUT2D eigenvalue weighted by Crippen LogP contribution is -2.65. The number of rotatable bonds is 13. The van der Waals surface area contributed by atoms with E-state index in [-0.39, 0.29) is 13.1 Å². The van der Waals surface area contributed by atoms with Crippen LogP contribution < -0.4 is 15.7 Å². The molecule has 9 heteroatoms. The van der Waals surface area contributed by atoms with Crippen LogP contribution in [0.15, 0.2) is 60.7 Å². The molecule has 0 bridgehead atoms. The van der Waals surface area contributed by atoms with Gasteiger partial charge in [-0.2, -0.15) is 0 Å². The summed E-state index contributed by atoms with van der Waals surface area (Å²) in [5.41, 5.74) is 0.565. The van der Waals surface area contributed by atoms with Gasteiger partial charge in [0, 0.05) is 18.6 Å². The summed E-state index contributed by atoms with van der Waals surface area (Å²) in [5, 5.41) is 40.5. The van der Waals surface area contributed by atoms with Gasteiger partial charge in [0.05, 0.1) is 24.3 Å². The normalized spacial score (nSPS) is 17.6. The Morgan fingerprint density at radius 3 is 1.95 bits per heavy atom. The van der Waals surface area contributed by atoms with Gasteiger partial charge in [0.2, 0.25) is 0 Å². The number of aliphatic hydroxyl groups is 2. The number of aliphatic hydroxyl groups excluding tert-OH is 2. The van der Waals surface area contributed by atoms with Crippen molar-refractivity contribution in [1.29, 1.82) is 0 Å². The first-order valence-corrected chi connectivity index (χ1v) is 14.0. The van der Waals surface area contributed by atoms with Gasteiger partial charge in [0.25, 0.3) is 0 Å². The Kier molecular flexibility index (Phi) is 11.0. The number of hydrogen-bond acceptors (Lipinski definition) is 7. The third-order valence-corrected chi connectivity index (χ3v) is 7.44. The Hall–Kier alpha value is -3.14. The maximum Gasteiger partial charge on any atom is 0.407 e. The second-order valence-electron chi connectivity index (χ2n) is 12.0. The predicted octanol–water partition coefficient (Wildman–Crippen LogP) is 2.63. The average molecular weight is 555 g/mol.